The van der Waals surface area contributed by atoms with E-state index in [1.807, 2.05) is 0 Å². The number of hydrogen-bond donors (Lipinski definition) is 0. The maximum atomic E-state index is 8.50. The summed E-state index contributed by atoms with van der Waals surface area (Å²) in [5, 5.41) is 8.50. The van der Waals surface area contributed by atoms with Gasteiger partial charge in [-0.25, -0.2) is 0 Å². The molecule has 88 valence electrons. The first-order valence-electron chi connectivity index (χ1n) is 6.44. The van der Waals surface area contributed by atoms with Crippen LogP contribution in [0.4, 0.5) is 0 Å². The van der Waals surface area contributed by atoms with E-state index in [1.165, 1.54) is 45.1 Å². The molecule has 0 aromatic carbocycles. The SMILES string of the molecule is CCCCCCCCN(CC)CCC#N. The zero-order chi connectivity index (χ0) is 11.4. The molecule has 0 aromatic rings. The normalized spacial score (nSPS) is 10.5. The molecule has 0 bridgehead atoms. The highest BCUT2D eigenvalue weighted by Gasteiger charge is 2.00. The first-order valence-corrected chi connectivity index (χ1v) is 6.44. The van der Waals surface area contributed by atoms with Gasteiger partial charge in [-0.2, -0.15) is 5.26 Å². The van der Waals surface area contributed by atoms with Crippen molar-refractivity contribution in [2.24, 2.45) is 0 Å². The smallest absolute Gasteiger partial charge is 0.0635 e. The molecule has 0 saturated heterocycles. The van der Waals surface area contributed by atoms with Gasteiger partial charge >= 0.3 is 0 Å². The van der Waals surface area contributed by atoms with Crippen LogP contribution in [0.2, 0.25) is 0 Å². The number of hydrogen-bond acceptors (Lipinski definition) is 2. The first kappa shape index (κ1) is 14.5. The van der Waals surface area contributed by atoms with E-state index in [2.05, 4.69) is 24.8 Å². The molecule has 0 heterocycles. The van der Waals surface area contributed by atoms with Gasteiger partial charge in [0.15, 0.2) is 0 Å². The van der Waals surface area contributed by atoms with Gasteiger partial charge in [-0.15, -0.1) is 0 Å². The Balaban J connectivity index is 3.27. The average Bonchev–Trinajstić information content (AvgIpc) is 2.27. The lowest BCUT2D eigenvalue weighted by molar-refractivity contribution is 0.286. The highest BCUT2D eigenvalue weighted by atomic mass is 15.1. The lowest BCUT2D eigenvalue weighted by Gasteiger charge is -2.18. The fourth-order valence-electron chi connectivity index (χ4n) is 1.75. The average molecular weight is 210 g/mol. The van der Waals surface area contributed by atoms with Crippen molar-refractivity contribution in [3.8, 4) is 6.07 Å². The van der Waals surface area contributed by atoms with Crippen LogP contribution in [0.25, 0.3) is 0 Å². The van der Waals surface area contributed by atoms with Crippen LogP contribution in [0.15, 0.2) is 0 Å². The van der Waals surface area contributed by atoms with Gasteiger partial charge in [0.05, 0.1) is 6.07 Å². The number of rotatable bonds is 10. The Kier molecular flexibility index (Phi) is 11.1. The molecule has 2 nitrogen and oxygen atoms in total. The van der Waals surface area contributed by atoms with Crippen molar-refractivity contribution < 1.29 is 0 Å². The van der Waals surface area contributed by atoms with Crippen LogP contribution >= 0.6 is 0 Å². The Morgan fingerprint density at radius 2 is 1.60 bits per heavy atom. The second-order valence-electron chi connectivity index (χ2n) is 4.11. The van der Waals surface area contributed by atoms with E-state index in [-0.39, 0.29) is 0 Å². The summed E-state index contributed by atoms with van der Waals surface area (Å²) in [6, 6.07) is 2.21. The zero-order valence-electron chi connectivity index (χ0n) is 10.5. The molecule has 0 aromatic heterocycles. The Morgan fingerprint density at radius 1 is 0.933 bits per heavy atom. The minimum atomic E-state index is 0.670. The Hall–Kier alpha value is -0.550. The quantitative estimate of drug-likeness (QED) is 0.515. The van der Waals surface area contributed by atoms with Gasteiger partial charge < -0.3 is 4.90 Å². The van der Waals surface area contributed by atoms with Crippen molar-refractivity contribution in [2.45, 2.75) is 58.8 Å². The Bertz CT molecular complexity index is 160. The summed E-state index contributed by atoms with van der Waals surface area (Å²) in [7, 11) is 0. The number of nitriles is 1. The number of unbranched alkanes of at least 4 members (excludes halogenated alkanes) is 5. The lowest BCUT2D eigenvalue weighted by atomic mass is 10.1. The van der Waals surface area contributed by atoms with Gasteiger partial charge in [-0.1, -0.05) is 46.0 Å². The molecule has 0 atom stereocenters. The van der Waals surface area contributed by atoms with Gasteiger partial charge in [0.1, 0.15) is 0 Å². The van der Waals surface area contributed by atoms with Crippen LogP contribution in [-0.2, 0) is 0 Å². The second kappa shape index (κ2) is 11.5. The second-order valence-corrected chi connectivity index (χ2v) is 4.11. The van der Waals surface area contributed by atoms with Crippen molar-refractivity contribution in [3.05, 3.63) is 0 Å². The van der Waals surface area contributed by atoms with E-state index < -0.39 is 0 Å². The molecule has 2 heteroatoms. The molecule has 0 amide bonds. The monoisotopic (exact) mass is 210 g/mol. The maximum Gasteiger partial charge on any atom is 0.0635 e. The van der Waals surface area contributed by atoms with E-state index in [0.29, 0.717) is 6.42 Å². The van der Waals surface area contributed by atoms with Crippen LogP contribution in [0.1, 0.15) is 58.8 Å². The molecular formula is C13H26N2. The Labute approximate surface area is 95.3 Å². The fraction of sp³-hybridized carbons (Fsp3) is 0.923. The molecule has 0 aliphatic carbocycles. The van der Waals surface area contributed by atoms with Crippen LogP contribution in [-0.4, -0.2) is 24.5 Å². The lowest BCUT2D eigenvalue weighted by Crippen LogP contribution is -2.25. The first-order chi connectivity index (χ1) is 7.35. The van der Waals surface area contributed by atoms with Crippen molar-refractivity contribution in [1.29, 1.82) is 5.26 Å². The summed E-state index contributed by atoms with van der Waals surface area (Å²) in [4.78, 5) is 2.38. The third-order valence-corrected chi connectivity index (χ3v) is 2.81. The van der Waals surface area contributed by atoms with Crippen LogP contribution in [0.5, 0.6) is 0 Å². The largest absolute Gasteiger partial charge is 0.303 e. The zero-order valence-corrected chi connectivity index (χ0v) is 10.5. The molecule has 0 rings (SSSR count). The summed E-state index contributed by atoms with van der Waals surface area (Å²) in [5.41, 5.74) is 0. The molecule has 0 fully saturated rings. The Morgan fingerprint density at radius 3 is 2.20 bits per heavy atom. The molecule has 0 aliphatic heterocycles. The third kappa shape index (κ3) is 9.75. The van der Waals surface area contributed by atoms with Crippen molar-refractivity contribution >= 4 is 0 Å². The summed E-state index contributed by atoms with van der Waals surface area (Å²) in [5.74, 6) is 0. The van der Waals surface area contributed by atoms with Crippen molar-refractivity contribution in [2.75, 3.05) is 19.6 Å². The summed E-state index contributed by atoms with van der Waals surface area (Å²) in [6.07, 6.45) is 8.79. The standard InChI is InChI=1S/C13H26N2/c1-3-5-6-7-8-9-12-15(4-2)13-10-11-14/h3-10,12-13H2,1-2H3. The minimum Gasteiger partial charge on any atom is -0.303 e. The third-order valence-electron chi connectivity index (χ3n) is 2.81. The van der Waals surface area contributed by atoms with Crippen molar-refractivity contribution in [3.63, 3.8) is 0 Å². The van der Waals surface area contributed by atoms with E-state index >= 15 is 0 Å². The molecule has 15 heavy (non-hydrogen) atoms. The minimum absolute atomic E-state index is 0.670. The molecule has 0 spiro atoms. The molecule has 0 N–H and O–H groups in total. The topological polar surface area (TPSA) is 27.0 Å². The summed E-state index contributed by atoms with van der Waals surface area (Å²) >= 11 is 0. The molecule has 0 unspecified atom stereocenters. The highest BCUT2D eigenvalue weighted by molar-refractivity contribution is 4.71. The molecular weight excluding hydrogens is 184 g/mol. The van der Waals surface area contributed by atoms with Crippen LogP contribution in [0.3, 0.4) is 0 Å². The van der Waals surface area contributed by atoms with E-state index in [4.69, 9.17) is 5.26 Å². The molecule has 0 aliphatic rings. The summed E-state index contributed by atoms with van der Waals surface area (Å²) in [6.45, 7) is 7.62. The molecule has 0 radical (unpaired) electrons. The van der Waals surface area contributed by atoms with E-state index in [9.17, 15) is 0 Å². The molecule has 0 saturated carbocycles. The van der Waals surface area contributed by atoms with Crippen molar-refractivity contribution in [1.82, 2.24) is 4.90 Å². The fourth-order valence-corrected chi connectivity index (χ4v) is 1.75. The van der Waals surface area contributed by atoms with Crippen LogP contribution < -0.4 is 0 Å². The van der Waals surface area contributed by atoms with Gasteiger partial charge in [0.25, 0.3) is 0 Å². The van der Waals surface area contributed by atoms with Gasteiger partial charge in [-0.05, 0) is 19.5 Å². The van der Waals surface area contributed by atoms with Gasteiger partial charge in [-0.3, -0.25) is 0 Å². The van der Waals surface area contributed by atoms with E-state index in [0.717, 1.165) is 13.1 Å². The highest BCUT2D eigenvalue weighted by Crippen LogP contribution is 2.06. The predicted octanol–water partition coefficient (Wildman–Crippen LogP) is 3.58. The van der Waals surface area contributed by atoms with E-state index in [1.54, 1.807) is 0 Å². The predicted molar refractivity (Wildman–Crippen MR) is 65.7 cm³/mol. The number of nitrogens with zero attached hydrogens (tertiary/aromatic N) is 2. The maximum absolute atomic E-state index is 8.50. The summed E-state index contributed by atoms with van der Waals surface area (Å²) < 4.78 is 0. The van der Waals surface area contributed by atoms with Crippen LogP contribution in [0, 0.1) is 11.3 Å². The van der Waals surface area contributed by atoms with Gasteiger partial charge in [0, 0.05) is 13.0 Å². The van der Waals surface area contributed by atoms with Gasteiger partial charge in [0.2, 0.25) is 0 Å².